The normalized spacial score (nSPS) is 11.2. The van der Waals surface area contributed by atoms with E-state index in [4.69, 9.17) is 9.84 Å². The molecule has 1 aromatic carbocycles. The molecule has 4 nitrogen and oxygen atoms in total. The smallest absolute Gasteiger partial charge is 0.328 e. The molecule has 0 amide bonds. The number of benzene rings is 1. The van der Waals surface area contributed by atoms with Crippen LogP contribution in [0.15, 0.2) is 6.07 Å². The maximum Gasteiger partial charge on any atom is 0.328 e. The average molecular weight is 251 g/mol. The van der Waals surface area contributed by atoms with Gasteiger partial charge in [0, 0.05) is 5.69 Å². The van der Waals surface area contributed by atoms with E-state index in [-0.39, 0.29) is 0 Å². The molecule has 0 aliphatic heterocycles. The highest BCUT2D eigenvalue weighted by Gasteiger charge is 2.28. The number of rotatable bonds is 4. The van der Waals surface area contributed by atoms with Crippen LogP contribution in [0.4, 0.5) is 5.69 Å². The Balaban J connectivity index is 3.27. The van der Waals surface area contributed by atoms with Crippen molar-refractivity contribution in [2.45, 2.75) is 40.2 Å². The third-order valence-electron chi connectivity index (χ3n) is 3.24. The van der Waals surface area contributed by atoms with Crippen molar-refractivity contribution in [3.8, 4) is 5.75 Å². The summed E-state index contributed by atoms with van der Waals surface area (Å²) in [6, 6.07) is 1.92. The molecule has 0 radical (unpaired) electrons. The Morgan fingerprint density at radius 3 is 2.28 bits per heavy atom. The highest BCUT2D eigenvalue weighted by Crippen LogP contribution is 2.32. The summed E-state index contributed by atoms with van der Waals surface area (Å²) in [6.45, 7) is 9.16. The van der Waals surface area contributed by atoms with Gasteiger partial charge in [-0.25, -0.2) is 4.79 Å². The predicted octanol–water partition coefficient (Wildman–Crippen LogP) is 2.90. The number of hydrogen-bond donors (Lipinski definition) is 2. The second-order valence-corrected chi connectivity index (χ2v) is 5.08. The first-order valence-electron chi connectivity index (χ1n) is 5.87. The van der Waals surface area contributed by atoms with E-state index < -0.39 is 11.5 Å². The van der Waals surface area contributed by atoms with Gasteiger partial charge in [-0.1, -0.05) is 0 Å². The van der Waals surface area contributed by atoms with Crippen molar-refractivity contribution in [3.05, 3.63) is 22.8 Å². The molecule has 0 aliphatic rings. The highest BCUT2D eigenvalue weighted by molar-refractivity contribution is 5.83. The van der Waals surface area contributed by atoms with Gasteiger partial charge in [-0.2, -0.15) is 0 Å². The zero-order valence-corrected chi connectivity index (χ0v) is 11.8. The number of ether oxygens (including phenoxy) is 1. The lowest BCUT2D eigenvalue weighted by Crippen LogP contribution is -2.40. The van der Waals surface area contributed by atoms with Crippen LogP contribution in [0.1, 0.15) is 30.5 Å². The Kier molecular flexibility index (Phi) is 3.89. The van der Waals surface area contributed by atoms with Crippen molar-refractivity contribution >= 4 is 11.7 Å². The van der Waals surface area contributed by atoms with Gasteiger partial charge in [0.05, 0.1) is 7.11 Å². The van der Waals surface area contributed by atoms with Gasteiger partial charge in [-0.3, -0.25) is 0 Å². The number of nitrogens with one attached hydrogen (secondary N) is 1. The second kappa shape index (κ2) is 4.88. The van der Waals surface area contributed by atoms with E-state index in [1.54, 1.807) is 21.0 Å². The number of carboxylic acid groups (broad SMARTS) is 1. The van der Waals surface area contributed by atoms with E-state index in [2.05, 4.69) is 5.32 Å². The summed E-state index contributed by atoms with van der Waals surface area (Å²) in [6.07, 6.45) is 0. The topological polar surface area (TPSA) is 58.6 Å². The molecule has 0 fully saturated rings. The fraction of sp³-hybridized carbons (Fsp3) is 0.500. The molecule has 2 N–H and O–H groups in total. The minimum atomic E-state index is -1.00. The van der Waals surface area contributed by atoms with Crippen LogP contribution in [0.25, 0.3) is 0 Å². The van der Waals surface area contributed by atoms with Crippen LogP contribution in [0.2, 0.25) is 0 Å². The number of anilines is 1. The van der Waals surface area contributed by atoms with Crippen molar-refractivity contribution < 1.29 is 14.6 Å². The maximum absolute atomic E-state index is 11.2. The van der Waals surface area contributed by atoms with E-state index >= 15 is 0 Å². The highest BCUT2D eigenvalue weighted by atomic mass is 16.5. The fourth-order valence-corrected chi connectivity index (χ4v) is 1.82. The minimum Gasteiger partial charge on any atom is -0.496 e. The lowest BCUT2D eigenvalue weighted by atomic mass is 9.98. The number of carboxylic acids is 1. The molecule has 0 bridgehead atoms. The third kappa shape index (κ3) is 2.58. The molecule has 0 aliphatic carbocycles. The molecule has 0 unspecified atom stereocenters. The second-order valence-electron chi connectivity index (χ2n) is 5.08. The van der Waals surface area contributed by atoms with Crippen LogP contribution in [-0.2, 0) is 4.79 Å². The molecule has 0 atom stereocenters. The number of hydrogen-bond acceptors (Lipinski definition) is 3. The molecule has 4 heteroatoms. The van der Waals surface area contributed by atoms with Crippen molar-refractivity contribution in [1.82, 2.24) is 0 Å². The van der Waals surface area contributed by atoms with Crippen LogP contribution < -0.4 is 10.1 Å². The monoisotopic (exact) mass is 251 g/mol. The Morgan fingerprint density at radius 2 is 1.83 bits per heavy atom. The number of aliphatic carboxylic acids is 1. The maximum atomic E-state index is 11.2. The molecule has 0 heterocycles. The number of methoxy groups -OCH3 is 1. The minimum absolute atomic E-state index is 0.823. The van der Waals surface area contributed by atoms with Crippen LogP contribution in [-0.4, -0.2) is 23.7 Å². The van der Waals surface area contributed by atoms with Gasteiger partial charge < -0.3 is 15.2 Å². The van der Waals surface area contributed by atoms with Crippen molar-refractivity contribution in [1.29, 1.82) is 0 Å². The Hall–Kier alpha value is -1.71. The van der Waals surface area contributed by atoms with E-state index in [1.165, 1.54) is 0 Å². The fourth-order valence-electron chi connectivity index (χ4n) is 1.82. The first kappa shape index (κ1) is 14.4. The predicted molar refractivity (Wildman–Crippen MR) is 72.5 cm³/mol. The van der Waals surface area contributed by atoms with Crippen molar-refractivity contribution in [3.63, 3.8) is 0 Å². The van der Waals surface area contributed by atoms with E-state index in [0.717, 1.165) is 28.1 Å². The largest absolute Gasteiger partial charge is 0.496 e. The van der Waals surface area contributed by atoms with E-state index in [9.17, 15) is 4.79 Å². The van der Waals surface area contributed by atoms with E-state index in [0.29, 0.717) is 0 Å². The van der Waals surface area contributed by atoms with Crippen molar-refractivity contribution in [2.24, 2.45) is 0 Å². The van der Waals surface area contributed by atoms with Crippen molar-refractivity contribution in [2.75, 3.05) is 12.4 Å². The summed E-state index contributed by atoms with van der Waals surface area (Å²) in [5, 5.41) is 12.3. The SMILES string of the molecule is COc1cc(C)c(NC(C)(C)C(=O)O)c(C)c1C. The Morgan fingerprint density at radius 1 is 1.28 bits per heavy atom. The zero-order chi connectivity index (χ0) is 14.1. The van der Waals surface area contributed by atoms with Gasteiger partial charge in [-0.05, 0) is 57.4 Å². The molecule has 0 saturated carbocycles. The standard InChI is InChI=1S/C14H21NO3/c1-8-7-11(18-6)9(2)10(3)12(8)15-14(4,5)13(16)17/h7,15H,1-6H3,(H,16,17). The molecule has 0 aromatic heterocycles. The van der Waals surface area contributed by atoms with Crippen LogP contribution in [0.5, 0.6) is 5.75 Å². The molecular weight excluding hydrogens is 230 g/mol. The van der Waals surface area contributed by atoms with Gasteiger partial charge in [0.2, 0.25) is 0 Å². The summed E-state index contributed by atoms with van der Waals surface area (Å²) in [7, 11) is 1.63. The lowest BCUT2D eigenvalue weighted by molar-refractivity contribution is -0.141. The first-order chi connectivity index (χ1) is 8.20. The quantitative estimate of drug-likeness (QED) is 0.864. The molecule has 1 rings (SSSR count). The Labute approximate surface area is 108 Å². The van der Waals surface area contributed by atoms with Gasteiger partial charge in [0.25, 0.3) is 0 Å². The summed E-state index contributed by atoms with van der Waals surface area (Å²) < 4.78 is 5.30. The molecule has 100 valence electrons. The summed E-state index contributed by atoms with van der Waals surface area (Å²) in [5.41, 5.74) is 2.87. The summed E-state index contributed by atoms with van der Waals surface area (Å²) in [4.78, 5) is 11.2. The summed E-state index contributed by atoms with van der Waals surface area (Å²) >= 11 is 0. The third-order valence-corrected chi connectivity index (χ3v) is 3.24. The van der Waals surface area contributed by atoms with Gasteiger partial charge in [0.1, 0.15) is 11.3 Å². The Bertz CT molecular complexity index is 478. The molecule has 18 heavy (non-hydrogen) atoms. The van der Waals surface area contributed by atoms with Gasteiger partial charge >= 0.3 is 5.97 Å². The zero-order valence-electron chi connectivity index (χ0n) is 11.8. The van der Waals surface area contributed by atoms with E-state index in [1.807, 2.05) is 26.8 Å². The molecule has 0 spiro atoms. The van der Waals surface area contributed by atoms with Gasteiger partial charge in [-0.15, -0.1) is 0 Å². The van der Waals surface area contributed by atoms with Gasteiger partial charge in [0.15, 0.2) is 0 Å². The van der Waals surface area contributed by atoms with Crippen LogP contribution >= 0.6 is 0 Å². The van der Waals surface area contributed by atoms with Crippen LogP contribution in [0, 0.1) is 20.8 Å². The summed E-state index contributed by atoms with van der Waals surface area (Å²) in [5.74, 6) is -0.0570. The number of carbonyl (C=O) groups is 1. The van der Waals surface area contributed by atoms with Crippen LogP contribution in [0.3, 0.4) is 0 Å². The first-order valence-corrected chi connectivity index (χ1v) is 5.87. The molecule has 0 saturated heterocycles. The molecule has 1 aromatic rings. The average Bonchev–Trinajstić information content (AvgIpc) is 2.29. The molecular formula is C14H21NO3. The lowest BCUT2D eigenvalue weighted by Gasteiger charge is -2.26. The number of aryl methyl sites for hydroxylation is 1.